The average molecular weight is 157 g/mol. The van der Waals surface area contributed by atoms with Crippen LogP contribution in [0.15, 0.2) is 0 Å². The van der Waals surface area contributed by atoms with E-state index in [4.69, 9.17) is 0 Å². The van der Waals surface area contributed by atoms with Gasteiger partial charge in [0.25, 0.3) is 0 Å². The summed E-state index contributed by atoms with van der Waals surface area (Å²) >= 11 is 0. The Bertz CT molecular complexity index is 112. The van der Waals surface area contributed by atoms with E-state index < -0.39 is 0 Å². The van der Waals surface area contributed by atoms with E-state index in [1.807, 2.05) is 11.8 Å². The van der Waals surface area contributed by atoms with Gasteiger partial charge in [0, 0.05) is 12.6 Å². The molecule has 11 heavy (non-hydrogen) atoms. The summed E-state index contributed by atoms with van der Waals surface area (Å²) < 4.78 is 0. The van der Waals surface area contributed by atoms with Gasteiger partial charge in [-0.1, -0.05) is 20.8 Å². The normalized spacial score (nSPS) is 13.2. The van der Waals surface area contributed by atoms with E-state index in [1.54, 1.807) is 0 Å². The number of amides is 1. The lowest BCUT2D eigenvalue weighted by atomic mass is 10.0. The van der Waals surface area contributed by atoms with Gasteiger partial charge >= 0.3 is 0 Å². The third-order valence-electron chi connectivity index (χ3n) is 2.11. The molecule has 2 nitrogen and oxygen atoms in total. The fourth-order valence-corrected chi connectivity index (χ4v) is 1.48. The second kappa shape index (κ2) is 5.16. The lowest BCUT2D eigenvalue weighted by Crippen LogP contribution is -2.37. The number of carbonyl (C=O) groups is 1. The van der Waals surface area contributed by atoms with Crippen LogP contribution in [0, 0.1) is 5.92 Å². The average Bonchev–Trinajstić information content (AvgIpc) is 1.99. The molecule has 0 fully saturated rings. The van der Waals surface area contributed by atoms with Crippen LogP contribution in [-0.4, -0.2) is 23.9 Å². The molecule has 2 heteroatoms. The molecule has 1 unspecified atom stereocenters. The Morgan fingerprint density at radius 1 is 1.36 bits per heavy atom. The van der Waals surface area contributed by atoms with Crippen molar-refractivity contribution in [1.82, 2.24) is 4.90 Å². The summed E-state index contributed by atoms with van der Waals surface area (Å²) in [6.07, 6.45) is 2.00. The van der Waals surface area contributed by atoms with E-state index in [1.165, 1.54) is 0 Å². The van der Waals surface area contributed by atoms with Crippen molar-refractivity contribution in [3.63, 3.8) is 0 Å². The maximum absolute atomic E-state index is 10.6. The lowest BCUT2D eigenvalue weighted by molar-refractivity contribution is -0.120. The van der Waals surface area contributed by atoms with Gasteiger partial charge in [0.2, 0.25) is 6.41 Å². The minimum Gasteiger partial charge on any atom is -0.342 e. The van der Waals surface area contributed by atoms with Crippen LogP contribution in [0.3, 0.4) is 0 Å². The highest BCUT2D eigenvalue weighted by Crippen LogP contribution is 2.11. The summed E-state index contributed by atoms with van der Waals surface area (Å²) in [7, 11) is 0. The van der Waals surface area contributed by atoms with Crippen molar-refractivity contribution < 1.29 is 4.79 Å². The first-order valence-corrected chi connectivity index (χ1v) is 4.38. The Hall–Kier alpha value is -0.530. The zero-order valence-electron chi connectivity index (χ0n) is 8.00. The van der Waals surface area contributed by atoms with E-state index in [0.717, 1.165) is 19.4 Å². The summed E-state index contributed by atoms with van der Waals surface area (Å²) in [4.78, 5) is 12.4. The van der Waals surface area contributed by atoms with Crippen molar-refractivity contribution in [2.45, 2.75) is 40.2 Å². The standard InChI is InChI=1S/C9H19NO/c1-5-9(8(3)4)10(6-2)7-11/h7-9H,5-6H2,1-4H3. The van der Waals surface area contributed by atoms with Crippen LogP contribution in [-0.2, 0) is 4.79 Å². The molecule has 1 amide bonds. The molecular formula is C9H19NO. The maximum atomic E-state index is 10.6. The summed E-state index contributed by atoms with van der Waals surface area (Å²) in [6, 6.07) is 0.414. The van der Waals surface area contributed by atoms with E-state index >= 15 is 0 Å². The van der Waals surface area contributed by atoms with E-state index in [0.29, 0.717) is 12.0 Å². The van der Waals surface area contributed by atoms with Crippen LogP contribution >= 0.6 is 0 Å². The second-order valence-corrected chi connectivity index (χ2v) is 3.16. The highest BCUT2D eigenvalue weighted by Gasteiger charge is 2.16. The second-order valence-electron chi connectivity index (χ2n) is 3.16. The zero-order valence-corrected chi connectivity index (χ0v) is 8.00. The Morgan fingerprint density at radius 3 is 2.00 bits per heavy atom. The minimum atomic E-state index is 0.414. The van der Waals surface area contributed by atoms with Crippen LogP contribution in [0.4, 0.5) is 0 Å². The van der Waals surface area contributed by atoms with Crippen LogP contribution in [0.25, 0.3) is 0 Å². The van der Waals surface area contributed by atoms with Gasteiger partial charge in [-0.15, -0.1) is 0 Å². The summed E-state index contributed by atoms with van der Waals surface area (Å²) in [6.45, 7) is 9.26. The topological polar surface area (TPSA) is 20.3 Å². The molecule has 0 radical (unpaired) electrons. The number of nitrogens with zero attached hydrogens (tertiary/aromatic N) is 1. The molecular weight excluding hydrogens is 138 g/mol. The third kappa shape index (κ3) is 2.91. The fourth-order valence-electron chi connectivity index (χ4n) is 1.48. The van der Waals surface area contributed by atoms with Gasteiger partial charge in [-0.3, -0.25) is 4.79 Å². The summed E-state index contributed by atoms with van der Waals surface area (Å²) in [5.74, 6) is 0.560. The van der Waals surface area contributed by atoms with Crippen molar-refractivity contribution in [3.05, 3.63) is 0 Å². The molecule has 0 heterocycles. The number of hydrogen-bond acceptors (Lipinski definition) is 1. The Kier molecular flexibility index (Phi) is 4.92. The van der Waals surface area contributed by atoms with Crippen molar-refractivity contribution in [1.29, 1.82) is 0 Å². The van der Waals surface area contributed by atoms with Crippen molar-refractivity contribution in [2.75, 3.05) is 6.54 Å². The van der Waals surface area contributed by atoms with E-state index in [-0.39, 0.29) is 0 Å². The van der Waals surface area contributed by atoms with Crippen molar-refractivity contribution >= 4 is 6.41 Å². The third-order valence-corrected chi connectivity index (χ3v) is 2.11. The first-order valence-electron chi connectivity index (χ1n) is 4.38. The van der Waals surface area contributed by atoms with Gasteiger partial charge in [-0.25, -0.2) is 0 Å². The van der Waals surface area contributed by atoms with Gasteiger partial charge in [0.05, 0.1) is 0 Å². The molecule has 0 N–H and O–H groups in total. The Labute approximate surface area is 69.6 Å². The van der Waals surface area contributed by atoms with E-state index in [9.17, 15) is 4.79 Å². The number of hydrogen-bond donors (Lipinski definition) is 0. The van der Waals surface area contributed by atoms with Crippen LogP contribution < -0.4 is 0 Å². The lowest BCUT2D eigenvalue weighted by Gasteiger charge is -2.29. The van der Waals surface area contributed by atoms with Crippen molar-refractivity contribution in [2.24, 2.45) is 5.92 Å². The highest BCUT2D eigenvalue weighted by molar-refractivity contribution is 5.47. The minimum absolute atomic E-state index is 0.414. The van der Waals surface area contributed by atoms with Gasteiger partial charge in [0.1, 0.15) is 0 Å². The summed E-state index contributed by atoms with van der Waals surface area (Å²) in [5.41, 5.74) is 0. The van der Waals surface area contributed by atoms with Gasteiger partial charge in [-0.05, 0) is 19.3 Å². The molecule has 0 bridgehead atoms. The monoisotopic (exact) mass is 157 g/mol. The first kappa shape index (κ1) is 10.5. The van der Waals surface area contributed by atoms with Gasteiger partial charge in [0.15, 0.2) is 0 Å². The summed E-state index contributed by atoms with van der Waals surface area (Å²) in [5, 5.41) is 0. The molecule has 0 aliphatic carbocycles. The Morgan fingerprint density at radius 2 is 1.91 bits per heavy atom. The predicted octanol–water partition coefficient (Wildman–Crippen LogP) is 1.90. The van der Waals surface area contributed by atoms with Crippen molar-refractivity contribution in [3.8, 4) is 0 Å². The zero-order chi connectivity index (χ0) is 8.85. The first-order chi connectivity index (χ1) is 5.17. The van der Waals surface area contributed by atoms with Crippen LogP contribution in [0.5, 0.6) is 0 Å². The molecule has 66 valence electrons. The number of carbonyl (C=O) groups excluding carboxylic acids is 1. The molecule has 0 aromatic carbocycles. The van der Waals surface area contributed by atoms with Gasteiger partial charge < -0.3 is 4.90 Å². The highest BCUT2D eigenvalue weighted by atomic mass is 16.1. The van der Waals surface area contributed by atoms with Crippen LogP contribution in [0.1, 0.15) is 34.1 Å². The van der Waals surface area contributed by atoms with Gasteiger partial charge in [-0.2, -0.15) is 0 Å². The quantitative estimate of drug-likeness (QED) is 0.558. The largest absolute Gasteiger partial charge is 0.342 e. The molecule has 0 saturated carbocycles. The molecule has 0 aromatic rings. The molecule has 0 aliphatic rings. The molecule has 1 atom stereocenters. The number of rotatable bonds is 5. The fraction of sp³-hybridized carbons (Fsp3) is 0.889. The predicted molar refractivity (Wildman–Crippen MR) is 47.4 cm³/mol. The molecule has 0 aliphatic heterocycles. The molecule has 0 aromatic heterocycles. The molecule has 0 spiro atoms. The Balaban J connectivity index is 4.08. The van der Waals surface area contributed by atoms with Crippen LogP contribution in [0.2, 0.25) is 0 Å². The maximum Gasteiger partial charge on any atom is 0.209 e. The van der Waals surface area contributed by atoms with E-state index in [2.05, 4.69) is 20.8 Å². The SMILES string of the molecule is CCC(C(C)C)N(C=O)CC. The molecule has 0 saturated heterocycles. The molecule has 0 rings (SSSR count). The smallest absolute Gasteiger partial charge is 0.209 e.